The summed E-state index contributed by atoms with van der Waals surface area (Å²) in [5.74, 6) is 0.690. The van der Waals surface area contributed by atoms with Gasteiger partial charge in [0.15, 0.2) is 0 Å². The van der Waals surface area contributed by atoms with E-state index in [9.17, 15) is 4.79 Å². The number of carbonyl (C=O) groups is 1. The Bertz CT molecular complexity index is 647. The Morgan fingerprint density at radius 2 is 1.85 bits per heavy atom. The first kappa shape index (κ1) is 14.4. The summed E-state index contributed by atoms with van der Waals surface area (Å²) in [6, 6.07) is 16.2. The largest absolute Gasteiger partial charge is 0.295 e. The van der Waals surface area contributed by atoms with Crippen molar-refractivity contribution < 1.29 is 4.79 Å². The third-order valence-electron chi connectivity index (χ3n) is 3.14. The van der Waals surface area contributed by atoms with Gasteiger partial charge in [0.25, 0.3) is 0 Å². The van der Waals surface area contributed by atoms with Crippen molar-refractivity contribution >= 4 is 61.9 Å². The molecule has 3 rings (SSSR count). The lowest BCUT2D eigenvalue weighted by molar-refractivity contribution is -0.115. The SMILES string of the molecule is O=C1CS[C@H](c2ccccc2Br)N1c1ccc(I)cc1. The highest BCUT2D eigenvalue weighted by molar-refractivity contribution is 14.1. The topological polar surface area (TPSA) is 20.3 Å². The molecule has 5 heteroatoms. The van der Waals surface area contributed by atoms with Crippen molar-refractivity contribution in [1.29, 1.82) is 0 Å². The molecule has 0 N–H and O–H groups in total. The van der Waals surface area contributed by atoms with Gasteiger partial charge in [0.1, 0.15) is 5.37 Å². The van der Waals surface area contributed by atoms with Crippen molar-refractivity contribution in [1.82, 2.24) is 0 Å². The van der Waals surface area contributed by atoms with Gasteiger partial charge in [-0.2, -0.15) is 0 Å². The van der Waals surface area contributed by atoms with Gasteiger partial charge in [-0.1, -0.05) is 34.1 Å². The Morgan fingerprint density at radius 3 is 2.55 bits per heavy atom. The summed E-state index contributed by atoms with van der Waals surface area (Å²) in [4.78, 5) is 14.1. The molecule has 0 aromatic heterocycles. The van der Waals surface area contributed by atoms with Crippen molar-refractivity contribution in [3.63, 3.8) is 0 Å². The van der Waals surface area contributed by atoms with Gasteiger partial charge in [-0.05, 0) is 58.5 Å². The van der Waals surface area contributed by atoms with Crippen LogP contribution in [0.1, 0.15) is 10.9 Å². The number of carbonyl (C=O) groups excluding carboxylic acids is 1. The van der Waals surface area contributed by atoms with Crippen LogP contribution in [0, 0.1) is 3.57 Å². The molecule has 1 heterocycles. The van der Waals surface area contributed by atoms with E-state index in [4.69, 9.17) is 0 Å². The average Bonchev–Trinajstić information content (AvgIpc) is 2.82. The highest BCUT2D eigenvalue weighted by atomic mass is 127. The first-order chi connectivity index (χ1) is 9.66. The monoisotopic (exact) mass is 459 g/mol. The van der Waals surface area contributed by atoms with Crippen LogP contribution in [0.5, 0.6) is 0 Å². The van der Waals surface area contributed by atoms with Gasteiger partial charge in [0.05, 0.1) is 5.75 Å². The summed E-state index contributed by atoms with van der Waals surface area (Å²) in [6.07, 6.45) is 0. The number of hydrogen-bond acceptors (Lipinski definition) is 2. The van der Waals surface area contributed by atoms with Crippen molar-refractivity contribution in [2.75, 3.05) is 10.7 Å². The molecule has 1 aliphatic heterocycles. The normalized spacial score (nSPS) is 18.6. The zero-order chi connectivity index (χ0) is 14.1. The third-order valence-corrected chi connectivity index (χ3v) is 5.78. The molecule has 0 radical (unpaired) electrons. The molecule has 1 fully saturated rings. The van der Waals surface area contributed by atoms with Crippen LogP contribution in [0.25, 0.3) is 0 Å². The zero-order valence-corrected chi connectivity index (χ0v) is 15.0. The van der Waals surface area contributed by atoms with E-state index in [-0.39, 0.29) is 11.3 Å². The highest BCUT2D eigenvalue weighted by Gasteiger charge is 2.34. The first-order valence-electron chi connectivity index (χ1n) is 6.10. The molecule has 0 saturated carbocycles. The van der Waals surface area contributed by atoms with E-state index >= 15 is 0 Å². The van der Waals surface area contributed by atoms with Crippen LogP contribution in [0.15, 0.2) is 53.0 Å². The molecular formula is C15H11BrINOS. The summed E-state index contributed by atoms with van der Waals surface area (Å²) < 4.78 is 2.21. The van der Waals surface area contributed by atoms with Gasteiger partial charge in [-0.15, -0.1) is 11.8 Å². The summed E-state index contributed by atoms with van der Waals surface area (Å²) in [5, 5.41) is 0.0399. The van der Waals surface area contributed by atoms with Crippen LogP contribution < -0.4 is 4.90 Å². The maximum absolute atomic E-state index is 12.2. The number of benzene rings is 2. The van der Waals surface area contributed by atoms with Gasteiger partial charge in [-0.25, -0.2) is 0 Å². The molecule has 2 nitrogen and oxygen atoms in total. The lowest BCUT2D eigenvalue weighted by atomic mass is 10.2. The minimum atomic E-state index is 0.0399. The average molecular weight is 460 g/mol. The second-order valence-corrected chi connectivity index (χ2v) is 7.59. The van der Waals surface area contributed by atoms with Crippen molar-refractivity contribution in [3.8, 4) is 0 Å². The number of nitrogens with zero attached hydrogens (tertiary/aromatic N) is 1. The predicted octanol–water partition coefficient (Wildman–Crippen LogP) is 4.83. The number of rotatable bonds is 2. The Hall–Kier alpha value is -0.530. The lowest BCUT2D eigenvalue weighted by Gasteiger charge is -2.25. The highest BCUT2D eigenvalue weighted by Crippen LogP contribution is 2.43. The molecule has 0 unspecified atom stereocenters. The number of hydrogen-bond donors (Lipinski definition) is 0. The fourth-order valence-corrected chi connectivity index (χ4v) is 4.44. The summed E-state index contributed by atoms with van der Waals surface area (Å²) in [5.41, 5.74) is 2.10. The van der Waals surface area contributed by atoms with E-state index in [1.54, 1.807) is 11.8 Å². The van der Waals surface area contributed by atoms with Crippen molar-refractivity contribution in [2.24, 2.45) is 0 Å². The number of amides is 1. The molecule has 0 spiro atoms. The molecule has 1 atom stereocenters. The van der Waals surface area contributed by atoms with Crippen LogP contribution in [-0.2, 0) is 4.79 Å². The molecule has 2 aromatic rings. The third kappa shape index (κ3) is 2.76. The van der Waals surface area contributed by atoms with Crippen LogP contribution >= 0.6 is 50.3 Å². The maximum atomic E-state index is 12.2. The zero-order valence-electron chi connectivity index (χ0n) is 10.4. The summed E-state index contributed by atoms with van der Waals surface area (Å²) in [7, 11) is 0. The van der Waals surface area contributed by atoms with E-state index in [1.165, 1.54) is 3.57 Å². The molecule has 1 saturated heterocycles. The van der Waals surface area contributed by atoms with Crippen LogP contribution in [-0.4, -0.2) is 11.7 Å². The minimum Gasteiger partial charge on any atom is -0.295 e. The Kier molecular flexibility index (Phi) is 4.37. The van der Waals surface area contributed by atoms with Gasteiger partial charge in [0.2, 0.25) is 5.91 Å². The maximum Gasteiger partial charge on any atom is 0.238 e. The Balaban J connectivity index is 2.01. The number of halogens is 2. The Labute approximate surface area is 144 Å². The summed E-state index contributed by atoms with van der Waals surface area (Å²) in [6.45, 7) is 0. The van der Waals surface area contributed by atoms with E-state index < -0.39 is 0 Å². The summed E-state index contributed by atoms with van der Waals surface area (Å²) >= 11 is 7.53. The number of thioether (sulfide) groups is 1. The molecule has 0 bridgehead atoms. The quantitative estimate of drug-likeness (QED) is 0.599. The van der Waals surface area contributed by atoms with E-state index in [0.29, 0.717) is 5.75 Å². The van der Waals surface area contributed by atoms with Crippen LogP contribution in [0.2, 0.25) is 0 Å². The van der Waals surface area contributed by atoms with E-state index in [2.05, 4.69) is 44.6 Å². The van der Waals surface area contributed by atoms with Crippen molar-refractivity contribution in [3.05, 3.63) is 62.1 Å². The standard InChI is InChI=1S/C15H11BrINOS/c16-13-4-2-1-3-12(13)15-18(14(19)9-20-15)11-7-5-10(17)6-8-11/h1-8,15H,9H2/t15-/m1/s1. The second-order valence-electron chi connectivity index (χ2n) is 4.43. The minimum absolute atomic E-state index is 0.0399. The Morgan fingerprint density at radius 1 is 1.15 bits per heavy atom. The van der Waals surface area contributed by atoms with E-state index in [0.717, 1.165) is 15.7 Å². The van der Waals surface area contributed by atoms with Crippen LogP contribution in [0.4, 0.5) is 5.69 Å². The fourth-order valence-electron chi connectivity index (χ4n) is 2.21. The van der Waals surface area contributed by atoms with E-state index in [1.807, 2.05) is 47.4 Å². The van der Waals surface area contributed by atoms with Gasteiger partial charge >= 0.3 is 0 Å². The predicted molar refractivity (Wildman–Crippen MR) is 96.0 cm³/mol. The lowest BCUT2D eigenvalue weighted by Crippen LogP contribution is -2.27. The first-order valence-corrected chi connectivity index (χ1v) is 9.02. The molecule has 102 valence electrons. The number of anilines is 1. The molecule has 1 aliphatic rings. The molecule has 2 aromatic carbocycles. The van der Waals surface area contributed by atoms with Gasteiger partial charge in [0, 0.05) is 13.7 Å². The molecule has 0 aliphatic carbocycles. The van der Waals surface area contributed by atoms with Gasteiger partial charge < -0.3 is 0 Å². The molecule has 1 amide bonds. The molecule has 20 heavy (non-hydrogen) atoms. The molecular weight excluding hydrogens is 449 g/mol. The van der Waals surface area contributed by atoms with Gasteiger partial charge in [-0.3, -0.25) is 9.69 Å². The van der Waals surface area contributed by atoms with Crippen molar-refractivity contribution in [2.45, 2.75) is 5.37 Å². The van der Waals surface area contributed by atoms with Crippen LogP contribution in [0.3, 0.4) is 0 Å². The fraction of sp³-hybridized carbons (Fsp3) is 0.133. The second kappa shape index (κ2) is 6.07. The smallest absolute Gasteiger partial charge is 0.238 e.